The summed E-state index contributed by atoms with van der Waals surface area (Å²) in [6.45, 7) is 15.8. The number of likely N-dealkylation sites (tertiary alicyclic amines) is 1. The summed E-state index contributed by atoms with van der Waals surface area (Å²) in [4.78, 5) is 105. The first kappa shape index (κ1) is 60.5. The van der Waals surface area contributed by atoms with Gasteiger partial charge in [-0.15, -0.1) is 11.3 Å². The number of β-amino-alcohol motifs (C(OH)–C–C–N with tert-alkyl or cyclic N) is 1. The fraction of sp³-hybridized carbons (Fsp3) is 0.559. The Bertz CT molecular complexity index is 3020. The molecule has 5 aromatic rings. The van der Waals surface area contributed by atoms with Gasteiger partial charge in [-0.2, -0.15) is 0 Å². The molecule has 6 heterocycles. The van der Waals surface area contributed by atoms with E-state index in [1.807, 2.05) is 80.7 Å². The van der Waals surface area contributed by atoms with Crippen molar-refractivity contribution >= 4 is 57.5 Å². The highest BCUT2D eigenvalue weighted by Crippen LogP contribution is 2.33. The quantitative estimate of drug-likeness (QED) is 0.0479. The number of aromatic nitrogens is 5. The van der Waals surface area contributed by atoms with Crippen molar-refractivity contribution < 1.29 is 48.0 Å². The normalized spacial score (nSPS) is 17.2. The molecule has 4 amide bonds. The lowest BCUT2D eigenvalue weighted by Gasteiger charge is -2.36. The molecule has 21 nitrogen and oxygen atoms in total. The fourth-order valence-corrected chi connectivity index (χ4v) is 11.5. The van der Waals surface area contributed by atoms with Crippen LogP contribution < -0.4 is 21.1 Å². The van der Waals surface area contributed by atoms with Crippen molar-refractivity contribution in [2.24, 2.45) is 5.41 Å². The van der Waals surface area contributed by atoms with E-state index in [0.717, 1.165) is 64.1 Å². The zero-order valence-electron chi connectivity index (χ0n) is 47.6. The maximum atomic E-state index is 14.0. The van der Waals surface area contributed by atoms with Crippen molar-refractivity contribution in [3.8, 4) is 10.4 Å². The molecule has 2 saturated heterocycles. The number of Topliss-reactive ketones (excluding diaryl/α,β-unsaturated/α-hetero) is 1. The lowest BCUT2D eigenvalue weighted by Crippen LogP contribution is -2.57. The van der Waals surface area contributed by atoms with E-state index in [-0.39, 0.29) is 86.2 Å². The number of ketones is 1. The first-order valence-electron chi connectivity index (χ1n) is 28.2. The highest BCUT2D eigenvalue weighted by Gasteiger charge is 2.44. The van der Waals surface area contributed by atoms with Crippen molar-refractivity contribution in [1.29, 1.82) is 0 Å². The second-order valence-electron chi connectivity index (χ2n) is 22.1. The van der Waals surface area contributed by atoms with Crippen LogP contribution in [0, 0.1) is 19.3 Å². The second-order valence-corrected chi connectivity index (χ2v) is 23.0. The minimum atomic E-state index is -0.941. The number of carbonyl (C=O) groups excluding carboxylic acids is 5. The van der Waals surface area contributed by atoms with Crippen LogP contribution >= 0.6 is 11.3 Å². The summed E-state index contributed by atoms with van der Waals surface area (Å²) in [6, 6.07) is 10.0. The summed E-state index contributed by atoms with van der Waals surface area (Å²) in [5, 5.41) is 17.1. The van der Waals surface area contributed by atoms with Gasteiger partial charge < -0.3 is 49.4 Å². The molecule has 3 N–H and O–H groups in total. The molecule has 3 fully saturated rings. The van der Waals surface area contributed by atoms with Crippen LogP contribution in [0.3, 0.4) is 0 Å². The van der Waals surface area contributed by atoms with Crippen molar-refractivity contribution in [2.75, 3.05) is 90.5 Å². The molecule has 81 heavy (non-hydrogen) atoms. The third-order valence-electron chi connectivity index (χ3n) is 15.2. The average Bonchev–Trinajstić information content (AvgIpc) is 4.33. The summed E-state index contributed by atoms with van der Waals surface area (Å²) in [7, 11) is 0. The Labute approximate surface area is 477 Å². The number of aryl methyl sites for hydroxylation is 2. The molecule has 3 atom stereocenters. The Balaban J connectivity index is 0.648. The number of nitrogens with one attached hydrogen (secondary N) is 2. The monoisotopic (exact) mass is 1130 g/mol. The molecule has 22 heteroatoms. The number of thiazole rings is 1. The highest BCUT2D eigenvalue weighted by atomic mass is 32.1. The Morgan fingerprint density at radius 2 is 1.47 bits per heavy atom. The van der Waals surface area contributed by atoms with E-state index in [2.05, 4.69) is 25.5 Å². The van der Waals surface area contributed by atoms with Crippen LogP contribution in [0.1, 0.15) is 117 Å². The largest absolute Gasteiger partial charge is 0.391 e. The Kier molecular flexibility index (Phi) is 21.2. The van der Waals surface area contributed by atoms with E-state index in [1.165, 1.54) is 11.8 Å². The molecular weight excluding hydrogens is 1060 g/mol. The van der Waals surface area contributed by atoms with Crippen LogP contribution in [-0.4, -0.2) is 173 Å². The van der Waals surface area contributed by atoms with Crippen molar-refractivity contribution in [2.45, 2.75) is 124 Å². The number of rotatable bonds is 26. The Morgan fingerprint density at radius 1 is 0.815 bits per heavy atom. The number of piperazine rings is 1. The van der Waals surface area contributed by atoms with Crippen LogP contribution in [0.4, 0.5) is 5.69 Å². The van der Waals surface area contributed by atoms with Gasteiger partial charge in [-0.05, 0) is 67.9 Å². The molecule has 3 aliphatic rings. The standard InChI is InChI=1S/C59H78N10O11S/c1-38-47-35-61-49(64-55(47)69(44-9-7-8-10-44)57(75)52(38)40(3)70)31-43-15-16-45(34-60-43)66-19-21-67(22-20-66)51(73)18-24-78-26-28-80-30-29-79-27-25-77-23-17-50(72)65-54(59(4,5)6)58(76)68-36-46(71)32-48(68)56(74)62-33-41-11-13-42(14-12-41)53-39(2)63-37-81-53/h11-16,34-35,37,44,46,48,54,71H,7-10,17-33,36H2,1-6H3,(H,62,74)(H,65,72)/t46-,48+,54-/m1/s1. The number of amides is 4. The molecular formula is C59H78N10O11S. The molecule has 1 aliphatic carbocycles. The van der Waals surface area contributed by atoms with Gasteiger partial charge in [-0.3, -0.25) is 38.3 Å². The zero-order chi connectivity index (χ0) is 57.6. The van der Waals surface area contributed by atoms with Gasteiger partial charge in [0, 0.05) is 75.4 Å². The molecule has 0 spiro atoms. The third-order valence-corrected chi connectivity index (χ3v) is 16.2. The van der Waals surface area contributed by atoms with Crippen molar-refractivity contribution in [3.63, 3.8) is 0 Å². The number of fused-ring (bicyclic) bond motifs is 1. The summed E-state index contributed by atoms with van der Waals surface area (Å²) in [6.07, 6.45) is 7.29. The number of hydrogen-bond acceptors (Lipinski definition) is 17. The minimum Gasteiger partial charge on any atom is -0.391 e. The summed E-state index contributed by atoms with van der Waals surface area (Å²) >= 11 is 1.57. The van der Waals surface area contributed by atoms with Gasteiger partial charge in [0.25, 0.3) is 5.56 Å². The predicted molar refractivity (Wildman–Crippen MR) is 306 cm³/mol. The van der Waals surface area contributed by atoms with Gasteiger partial charge in [0.15, 0.2) is 5.78 Å². The van der Waals surface area contributed by atoms with Crippen LogP contribution in [0.2, 0.25) is 0 Å². The summed E-state index contributed by atoms with van der Waals surface area (Å²) < 4.78 is 24.2. The molecule has 0 bridgehead atoms. The van der Waals surface area contributed by atoms with Crippen LogP contribution in [-0.2, 0) is 51.1 Å². The molecule has 2 aliphatic heterocycles. The molecule has 1 aromatic carbocycles. The molecule has 0 unspecified atom stereocenters. The van der Waals surface area contributed by atoms with E-state index in [4.69, 9.17) is 28.9 Å². The smallest absolute Gasteiger partial charge is 0.263 e. The molecule has 8 rings (SSSR count). The van der Waals surface area contributed by atoms with Gasteiger partial charge in [-0.25, -0.2) is 15.0 Å². The SMILES string of the molecule is CC(=O)c1c(C)c2cnc(Cc3ccc(N4CCN(C(=O)CCOCCOCCOCCOCCC(=O)N[C@H](C(=O)N5C[C@H](O)C[C@H]5C(=O)NCc5ccc(-c6scnc6C)cc5)C(C)(C)C)CC4)cn3)nc2n(C2CCCC2)c1=O. The number of nitrogens with zero attached hydrogens (tertiary/aromatic N) is 8. The first-order chi connectivity index (χ1) is 39.0. The topological polar surface area (TPSA) is 250 Å². The van der Waals surface area contributed by atoms with Gasteiger partial charge in [0.2, 0.25) is 23.6 Å². The second kappa shape index (κ2) is 28.4. The van der Waals surface area contributed by atoms with Gasteiger partial charge in [-0.1, -0.05) is 57.9 Å². The molecule has 4 aromatic heterocycles. The lowest BCUT2D eigenvalue weighted by molar-refractivity contribution is -0.144. The molecule has 436 valence electrons. The molecule has 0 radical (unpaired) electrons. The Hall–Kier alpha value is -6.56. The number of pyridine rings is 2. The van der Waals surface area contributed by atoms with Crippen LogP contribution in [0.25, 0.3) is 21.5 Å². The van der Waals surface area contributed by atoms with E-state index in [1.54, 1.807) is 29.0 Å². The number of aliphatic hydroxyl groups excluding tert-OH is 1. The maximum absolute atomic E-state index is 14.0. The predicted octanol–water partition coefficient (Wildman–Crippen LogP) is 5.14. The number of benzene rings is 1. The van der Waals surface area contributed by atoms with Gasteiger partial charge in [0.1, 0.15) is 23.6 Å². The average molecular weight is 1140 g/mol. The van der Waals surface area contributed by atoms with E-state index in [0.29, 0.717) is 89.3 Å². The van der Waals surface area contributed by atoms with Gasteiger partial charge in [0.05, 0.1) is 105 Å². The lowest BCUT2D eigenvalue weighted by atomic mass is 9.85. The van der Waals surface area contributed by atoms with Crippen LogP contribution in [0.15, 0.2) is 59.1 Å². The van der Waals surface area contributed by atoms with Crippen molar-refractivity contribution in [1.82, 2.24) is 44.9 Å². The Morgan fingerprint density at radius 3 is 2.07 bits per heavy atom. The minimum absolute atomic E-state index is 0.0102. The fourth-order valence-electron chi connectivity index (χ4n) is 10.7. The maximum Gasteiger partial charge on any atom is 0.263 e. The number of anilines is 1. The number of carbonyl (C=O) groups is 5. The van der Waals surface area contributed by atoms with Gasteiger partial charge >= 0.3 is 0 Å². The summed E-state index contributed by atoms with van der Waals surface area (Å²) in [5.41, 5.74) is 6.92. The zero-order valence-corrected chi connectivity index (χ0v) is 48.4. The summed E-state index contributed by atoms with van der Waals surface area (Å²) in [5.74, 6) is -0.825. The van der Waals surface area contributed by atoms with E-state index in [9.17, 15) is 33.9 Å². The number of hydrogen-bond donors (Lipinski definition) is 3. The van der Waals surface area contributed by atoms with E-state index < -0.39 is 29.5 Å². The van der Waals surface area contributed by atoms with Crippen LogP contribution in [0.5, 0.6) is 0 Å². The first-order valence-corrected chi connectivity index (χ1v) is 29.1. The third kappa shape index (κ3) is 15.9. The van der Waals surface area contributed by atoms with E-state index >= 15 is 0 Å². The van der Waals surface area contributed by atoms with Crippen molar-refractivity contribution in [3.05, 3.63) is 98.6 Å². The number of ether oxygens (including phenoxy) is 4. The number of aliphatic hydroxyl groups is 1. The highest BCUT2D eigenvalue weighted by molar-refractivity contribution is 7.13. The molecule has 1 saturated carbocycles.